The van der Waals surface area contributed by atoms with Crippen LogP contribution in [0.5, 0.6) is 0 Å². The van der Waals surface area contributed by atoms with Crippen LogP contribution < -0.4 is 0 Å². The second-order valence-electron chi connectivity index (χ2n) is 2.98. The Labute approximate surface area is 63.0 Å². The Kier molecular flexibility index (Phi) is 2.28. The minimum absolute atomic E-state index is 0.568. The molecule has 1 heteroatoms. The van der Waals surface area contributed by atoms with Crippen molar-refractivity contribution in [1.29, 1.82) is 0 Å². The molecule has 0 aliphatic heterocycles. The predicted octanol–water partition coefficient (Wildman–Crippen LogP) is 1.82. The summed E-state index contributed by atoms with van der Waals surface area (Å²) in [6.07, 6.45) is 7.82. The van der Waals surface area contributed by atoms with Gasteiger partial charge in [-0.2, -0.15) is 0 Å². The van der Waals surface area contributed by atoms with Gasteiger partial charge in [-0.15, -0.1) is 0 Å². The SMILES string of the molecule is CC(C1=CCC=C1)N(C)C. The minimum Gasteiger partial charge on any atom is -0.303 e. The van der Waals surface area contributed by atoms with Gasteiger partial charge >= 0.3 is 0 Å². The summed E-state index contributed by atoms with van der Waals surface area (Å²) in [5, 5.41) is 0. The van der Waals surface area contributed by atoms with Gasteiger partial charge in [-0.05, 0) is 33.0 Å². The van der Waals surface area contributed by atoms with Crippen LogP contribution in [0.15, 0.2) is 23.8 Å². The lowest BCUT2D eigenvalue weighted by molar-refractivity contribution is 0.355. The lowest BCUT2D eigenvalue weighted by atomic mass is 10.1. The first-order valence-corrected chi connectivity index (χ1v) is 3.75. The molecule has 1 aliphatic rings. The predicted molar refractivity (Wildman–Crippen MR) is 45.0 cm³/mol. The van der Waals surface area contributed by atoms with Crippen molar-refractivity contribution in [3.05, 3.63) is 23.8 Å². The van der Waals surface area contributed by atoms with E-state index in [2.05, 4.69) is 44.1 Å². The van der Waals surface area contributed by atoms with Crippen LogP contribution in [0.2, 0.25) is 0 Å². The summed E-state index contributed by atoms with van der Waals surface area (Å²) in [6.45, 7) is 2.22. The molecule has 0 spiro atoms. The standard InChI is InChI=1S/C9H15N/c1-8(10(2)3)9-6-4-5-7-9/h4,6-8H,5H2,1-3H3. The van der Waals surface area contributed by atoms with Gasteiger partial charge < -0.3 is 4.90 Å². The summed E-state index contributed by atoms with van der Waals surface area (Å²) in [7, 11) is 4.22. The van der Waals surface area contributed by atoms with Crippen LogP contribution in [0.4, 0.5) is 0 Å². The smallest absolute Gasteiger partial charge is 0.0310 e. The maximum Gasteiger partial charge on any atom is 0.0310 e. The molecular weight excluding hydrogens is 122 g/mol. The van der Waals surface area contributed by atoms with Gasteiger partial charge in [-0.1, -0.05) is 18.2 Å². The normalized spacial score (nSPS) is 19.8. The van der Waals surface area contributed by atoms with Crippen LogP contribution >= 0.6 is 0 Å². The zero-order valence-electron chi connectivity index (χ0n) is 6.96. The number of nitrogens with zero attached hydrogens (tertiary/aromatic N) is 1. The number of rotatable bonds is 2. The molecule has 0 N–H and O–H groups in total. The molecular formula is C9H15N. The molecule has 0 saturated carbocycles. The van der Waals surface area contributed by atoms with Crippen molar-refractivity contribution >= 4 is 0 Å². The zero-order valence-corrected chi connectivity index (χ0v) is 6.96. The van der Waals surface area contributed by atoms with E-state index in [-0.39, 0.29) is 0 Å². The average Bonchev–Trinajstić information content (AvgIpc) is 2.36. The van der Waals surface area contributed by atoms with Gasteiger partial charge in [0.05, 0.1) is 0 Å². The second-order valence-corrected chi connectivity index (χ2v) is 2.98. The zero-order chi connectivity index (χ0) is 7.56. The van der Waals surface area contributed by atoms with Crippen LogP contribution in [0.3, 0.4) is 0 Å². The fourth-order valence-electron chi connectivity index (χ4n) is 1.08. The highest BCUT2D eigenvalue weighted by Gasteiger charge is 2.09. The van der Waals surface area contributed by atoms with E-state index in [1.165, 1.54) is 5.57 Å². The Morgan fingerprint density at radius 3 is 2.60 bits per heavy atom. The summed E-state index contributed by atoms with van der Waals surface area (Å²) in [6, 6.07) is 0.568. The van der Waals surface area contributed by atoms with Gasteiger partial charge in [0.2, 0.25) is 0 Å². The molecule has 1 atom stereocenters. The first-order chi connectivity index (χ1) is 4.72. The minimum atomic E-state index is 0.568. The van der Waals surface area contributed by atoms with E-state index in [0.29, 0.717) is 6.04 Å². The maximum absolute atomic E-state index is 2.28. The van der Waals surface area contributed by atoms with Gasteiger partial charge in [0.25, 0.3) is 0 Å². The molecule has 0 aromatic rings. The van der Waals surface area contributed by atoms with Crippen LogP contribution in [0, 0.1) is 0 Å². The van der Waals surface area contributed by atoms with E-state index in [1.807, 2.05) is 0 Å². The van der Waals surface area contributed by atoms with Crippen LogP contribution in [0.1, 0.15) is 13.3 Å². The number of allylic oxidation sites excluding steroid dienone is 2. The maximum atomic E-state index is 2.28. The Hall–Kier alpha value is -0.560. The van der Waals surface area contributed by atoms with E-state index in [4.69, 9.17) is 0 Å². The highest BCUT2D eigenvalue weighted by Crippen LogP contribution is 2.15. The molecule has 1 unspecified atom stereocenters. The van der Waals surface area contributed by atoms with Crippen molar-refractivity contribution in [3.8, 4) is 0 Å². The molecule has 56 valence electrons. The third kappa shape index (κ3) is 1.48. The number of hydrogen-bond donors (Lipinski definition) is 0. The summed E-state index contributed by atoms with van der Waals surface area (Å²) in [5.41, 5.74) is 1.45. The van der Waals surface area contributed by atoms with E-state index >= 15 is 0 Å². The summed E-state index contributed by atoms with van der Waals surface area (Å²) in [4.78, 5) is 2.22. The Bertz CT molecular complexity index is 166. The molecule has 0 bridgehead atoms. The topological polar surface area (TPSA) is 3.24 Å². The number of hydrogen-bond acceptors (Lipinski definition) is 1. The van der Waals surface area contributed by atoms with E-state index < -0.39 is 0 Å². The lowest BCUT2D eigenvalue weighted by Gasteiger charge is -2.19. The molecule has 1 nitrogen and oxygen atoms in total. The van der Waals surface area contributed by atoms with Gasteiger partial charge in [-0.25, -0.2) is 0 Å². The molecule has 0 heterocycles. The molecule has 1 aliphatic carbocycles. The van der Waals surface area contributed by atoms with Gasteiger partial charge in [0.15, 0.2) is 0 Å². The molecule has 10 heavy (non-hydrogen) atoms. The van der Waals surface area contributed by atoms with E-state index in [0.717, 1.165) is 6.42 Å². The summed E-state index contributed by atoms with van der Waals surface area (Å²) < 4.78 is 0. The Morgan fingerprint density at radius 2 is 2.20 bits per heavy atom. The molecule has 0 aromatic heterocycles. The molecule has 0 aromatic carbocycles. The molecule has 0 radical (unpaired) electrons. The van der Waals surface area contributed by atoms with Crippen molar-refractivity contribution < 1.29 is 0 Å². The first-order valence-electron chi connectivity index (χ1n) is 3.75. The van der Waals surface area contributed by atoms with Crippen LogP contribution in [-0.2, 0) is 0 Å². The summed E-state index contributed by atoms with van der Waals surface area (Å²) >= 11 is 0. The van der Waals surface area contributed by atoms with Crippen molar-refractivity contribution in [2.24, 2.45) is 0 Å². The molecule has 0 amide bonds. The highest BCUT2D eigenvalue weighted by molar-refractivity contribution is 5.30. The molecule has 0 fully saturated rings. The third-order valence-corrected chi connectivity index (χ3v) is 2.06. The number of likely N-dealkylation sites (N-methyl/N-ethyl adjacent to an activating group) is 1. The van der Waals surface area contributed by atoms with Crippen LogP contribution in [-0.4, -0.2) is 25.0 Å². The van der Waals surface area contributed by atoms with Crippen molar-refractivity contribution in [3.63, 3.8) is 0 Å². The van der Waals surface area contributed by atoms with Gasteiger partial charge in [0.1, 0.15) is 0 Å². The van der Waals surface area contributed by atoms with Gasteiger partial charge in [0, 0.05) is 6.04 Å². The second kappa shape index (κ2) is 3.02. The van der Waals surface area contributed by atoms with Crippen molar-refractivity contribution in [1.82, 2.24) is 4.90 Å². The quantitative estimate of drug-likeness (QED) is 0.561. The van der Waals surface area contributed by atoms with E-state index in [1.54, 1.807) is 0 Å². The van der Waals surface area contributed by atoms with Crippen molar-refractivity contribution in [2.45, 2.75) is 19.4 Å². The summed E-state index contributed by atoms with van der Waals surface area (Å²) in [5.74, 6) is 0. The van der Waals surface area contributed by atoms with Gasteiger partial charge in [-0.3, -0.25) is 0 Å². The largest absolute Gasteiger partial charge is 0.303 e. The molecule has 1 rings (SSSR count). The lowest BCUT2D eigenvalue weighted by Crippen LogP contribution is -2.25. The monoisotopic (exact) mass is 137 g/mol. The Morgan fingerprint density at radius 1 is 1.50 bits per heavy atom. The van der Waals surface area contributed by atoms with E-state index in [9.17, 15) is 0 Å². The molecule has 0 saturated heterocycles. The fourth-order valence-corrected chi connectivity index (χ4v) is 1.08. The van der Waals surface area contributed by atoms with Crippen molar-refractivity contribution in [2.75, 3.05) is 14.1 Å². The Balaban J connectivity index is 2.56. The average molecular weight is 137 g/mol. The van der Waals surface area contributed by atoms with Crippen LogP contribution in [0.25, 0.3) is 0 Å². The highest BCUT2D eigenvalue weighted by atomic mass is 15.1. The third-order valence-electron chi connectivity index (χ3n) is 2.06. The first kappa shape index (κ1) is 7.55. The fraction of sp³-hybridized carbons (Fsp3) is 0.556.